The zero-order valence-corrected chi connectivity index (χ0v) is 14.3. The lowest BCUT2D eigenvalue weighted by Gasteiger charge is -2.11. The molecule has 0 aliphatic carbocycles. The number of aryl methyl sites for hydroxylation is 1. The van der Waals surface area contributed by atoms with E-state index in [1.54, 1.807) is 31.2 Å². The first-order valence-electron chi connectivity index (χ1n) is 7.46. The molecular formula is C18H14ClNO5. The van der Waals surface area contributed by atoms with E-state index in [2.05, 4.69) is 0 Å². The maximum Gasteiger partial charge on any atom is 0.336 e. The lowest BCUT2D eigenvalue weighted by Crippen LogP contribution is -2.05. The molecule has 0 saturated heterocycles. The molecule has 128 valence electrons. The van der Waals surface area contributed by atoms with Crippen LogP contribution in [0.5, 0.6) is 5.75 Å². The standard InChI is InChI=1S/C18H14ClNO5/c1-10-6-17-13(8-14(10)19)12(7-18(21)25-17)9-24-16-5-3-4-15(11(16)2)20(22)23/h3-8H,9H2,1-2H3. The maximum atomic E-state index is 11.8. The van der Waals surface area contributed by atoms with Gasteiger partial charge >= 0.3 is 5.63 Å². The Kier molecular flexibility index (Phi) is 4.46. The van der Waals surface area contributed by atoms with Crippen molar-refractivity contribution in [2.75, 3.05) is 0 Å². The quantitative estimate of drug-likeness (QED) is 0.387. The van der Waals surface area contributed by atoms with Gasteiger partial charge in [-0.2, -0.15) is 0 Å². The first-order chi connectivity index (χ1) is 11.9. The number of fused-ring (bicyclic) bond motifs is 1. The van der Waals surface area contributed by atoms with Crippen molar-refractivity contribution in [3.05, 3.63) is 78.6 Å². The van der Waals surface area contributed by atoms with Crippen LogP contribution in [0.15, 0.2) is 45.6 Å². The van der Waals surface area contributed by atoms with Crippen LogP contribution in [0.4, 0.5) is 5.69 Å². The van der Waals surface area contributed by atoms with Gasteiger partial charge in [0.1, 0.15) is 17.9 Å². The van der Waals surface area contributed by atoms with Crippen LogP contribution >= 0.6 is 11.6 Å². The summed E-state index contributed by atoms with van der Waals surface area (Å²) in [5, 5.41) is 12.2. The Morgan fingerprint density at radius 1 is 1.24 bits per heavy atom. The Balaban J connectivity index is 1.99. The Morgan fingerprint density at radius 3 is 2.72 bits per heavy atom. The molecule has 3 rings (SSSR count). The van der Waals surface area contributed by atoms with Gasteiger partial charge in [0.15, 0.2) is 0 Å². The molecule has 25 heavy (non-hydrogen) atoms. The van der Waals surface area contributed by atoms with E-state index in [-0.39, 0.29) is 12.3 Å². The lowest BCUT2D eigenvalue weighted by molar-refractivity contribution is -0.385. The van der Waals surface area contributed by atoms with Crippen LogP contribution in [0.25, 0.3) is 11.0 Å². The van der Waals surface area contributed by atoms with Crippen LogP contribution in [0.2, 0.25) is 5.02 Å². The molecule has 0 bridgehead atoms. The summed E-state index contributed by atoms with van der Waals surface area (Å²) in [7, 11) is 0. The van der Waals surface area contributed by atoms with Crippen LogP contribution in [-0.2, 0) is 6.61 Å². The molecule has 2 aromatic carbocycles. The van der Waals surface area contributed by atoms with E-state index in [9.17, 15) is 14.9 Å². The highest BCUT2D eigenvalue weighted by atomic mass is 35.5. The van der Waals surface area contributed by atoms with Crippen molar-refractivity contribution in [3.63, 3.8) is 0 Å². The molecule has 0 aliphatic heterocycles. The molecule has 0 atom stereocenters. The Bertz CT molecular complexity index is 1040. The number of benzene rings is 2. The van der Waals surface area contributed by atoms with Crippen molar-refractivity contribution >= 4 is 28.3 Å². The second kappa shape index (κ2) is 6.57. The van der Waals surface area contributed by atoms with Crippen LogP contribution in [0.1, 0.15) is 16.7 Å². The summed E-state index contributed by atoms with van der Waals surface area (Å²) < 4.78 is 10.9. The first-order valence-corrected chi connectivity index (χ1v) is 7.84. The molecule has 1 aromatic heterocycles. The van der Waals surface area contributed by atoms with Gasteiger partial charge < -0.3 is 9.15 Å². The third-order valence-electron chi connectivity index (χ3n) is 3.94. The summed E-state index contributed by atoms with van der Waals surface area (Å²) in [5.74, 6) is 0.383. The number of hydrogen-bond acceptors (Lipinski definition) is 5. The van der Waals surface area contributed by atoms with Crippen molar-refractivity contribution in [2.45, 2.75) is 20.5 Å². The zero-order chi connectivity index (χ0) is 18.1. The van der Waals surface area contributed by atoms with Gasteiger partial charge in [-0.25, -0.2) is 4.79 Å². The molecular weight excluding hydrogens is 346 g/mol. The van der Waals surface area contributed by atoms with E-state index in [4.69, 9.17) is 20.8 Å². The van der Waals surface area contributed by atoms with Gasteiger partial charge in [-0.1, -0.05) is 17.7 Å². The van der Waals surface area contributed by atoms with Crippen molar-refractivity contribution in [1.29, 1.82) is 0 Å². The van der Waals surface area contributed by atoms with E-state index in [1.807, 2.05) is 6.92 Å². The summed E-state index contributed by atoms with van der Waals surface area (Å²) in [6, 6.07) is 9.36. The summed E-state index contributed by atoms with van der Waals surface area (Å²) in [6.45, 7) is 3.49. The van der Waals surface area contributed by atoms with Crippen LogP contribution in [0, 0.1) is 24.0 Å². The van der Waals surface area contributed by atoms with E-state index >= 15 is 0 Å². The third kappa shape index (κ3) is 3.34. The Labute approximate surface area is 147 Å². The fourth-order valence-corrected chi connectivity index (χ4v) is 2.74. The van der Waals surface area contributed by atoms with E-state index < -0.39 is 10.5 Å². The number of hydrogen-bond donors (Lipinski definition) is 0. The number of ether oxygens (including phenoxy) is 1. The van der Waals surface area contributed by atoms with Gasteiger partial charge in [-0.15, -0.1) is 0 Å². The summed E-state index contributed by atoms with van der Waals surface area (Å²) >= 11 is 6.16. The fourth-order valence-electron chi connectivity index (χ4n) is 2.58. The normalized spacial score (nSPS) is 10.8. The predicted octanol–water partition coefficient (Wildman–Crippen LogP) is 4.55. The van der Waals surface area contributed by atoms with Gasteiger partial charge in [0.25, 0.3) is 5.69 Å². The summed E-state index contributed by atoms with van der Waals surface area (Å²) in [6.07, 6.45) is 0. The van der Waals surface area contributed by atoms with Crippen LogP contribution < -0.4 is 10.4 Å². The second-order valence-electron chi connectivity index (χ2n) is 5.63. The zero-order valence-electron chi connectivity index (χ0n) is 13.5. The molecule has 6 nitrogen and oxygen atoms in total. The van der Waals surface area contributed by atoms with E-state index in [0.29, 0.717) is 32.9 Å². The molecule has 0 fully saturated rings. The third-order valence-corrected chi connectivity index (χ3v) is 4.35. The predicted molar refractivity (Wildman–Crippen MR) is 94.4 cm³/mol. The Hall–Kier alpha value is -2.86. The number of nitrogens with zero attached hydrogens (tertiary/aromatic N) is 1. The summed E-state index contributed by atoms with van der Waals surface area (Å²) in [4.78, 5) is 22.3. The average Bonchev–Trinajstić information content (AvgIpc) is 2.55. The van der Waals surface area contributed by atoms with Gasteiger partial charge in [-0.3, -0.25) is 10.1 Å². The van der Waals surface area contributed by atoms with E-state index in [0.717, 1.165) is 5.56 Å². The molecule has 0 amide bonds. The minimum Gasteiger partial charge on any atom is -0.488 e. The number of nitro benzene ring substituents is 1. The SMILES string of the molecule is Cc1cc2oc(=O)cc(COc3cccc([N+](=O)[O-])c3C)c2cc1Cl. The molecule has 1 heterocycles. The highest BCUT2D eigenvalue weighted by Crippen LogP contribution is 2.29. The van der Waals surface area contributed by atoms with Crippen LogP contribution in [-0.4, -0.2) is 4.92 Å². The van der Waals surface area contributed by atoms with Crippen LogP contribution in [0.3, 0.4) is 0 Å². The monoisotopic (exact) mass is 359 g/mol. The van der Waals surface area contributed by atoms with Gasteiger partial charge in [0.2, 0.25) is 0 Å². The van der Waals surface area contributed by atoms with Crippen molar-refractivity contribution in [3.8, 4) is 5.75 Å². The van der Waals surface area contributed by atoms with Gasteiger partial charge in [-0.05, 0) is 37.6 Å². The molecule has 0 aliphatic rings. The minimum atomic E-state index is -0.497. The number of rotatable bonds is 4. The van der Waals surface area contributed by atoms with Crippen molar-refractivity contribution in [1.82, 2.24) is 0 Å². The maximum absolute atomic E-state index is 11.8. The molecule has 0 spiro atoms. The molecule has 3 aromatic rings. The van der Waals surface area contributed by atoms with E-state index in [1.165, 1.54) is 12.1 Å². The summed E-state index contributed by atoms with van der Waals surface area (Å²) in [5.41, 5.74) is 1.72. The topological polar surface area (TPSA) is 82.6 Å². The van der Waals surface area contributed by atoms with Gasteiger partial charge in [0, 0.05) is 28.1 Å². The smallest absolute Gasteiger partial charge is 0.336 e. The molecule has 7 heteroatoms. The highest BCUT2D eigenvalue weighted by Gasteiger charge is 2.15. The van der Waals surface area contributed by atoms with Gasteiger partial charge in [0.05, 0.1) is 10.5 Å². The first kappa shape index (κ1) is 17.0. The van der Waals surface area contributed by atoms with Crippen molar-refractivity contribution in [2.24, 2.45) is 0 Å². The largest absolute Gasteiger partial charge is 0.488 e. The second-order valence-corrected chi connectivity index (χ2v) is 6.04. The minimum absolute atomic E-state index is 0.0198. The average molecular weight is 360 g/mol. The van der Waals surface area contributed by atoms with Crippen molar-refractivity contribution < 1.29 is 14.1 Å². The fraction of sp³-hybridized carbons (Fsp3) is 0.167. The molecule has 0 radical (unpaired) electrons. The number of nitro groups is 1. The molecule has 0 unspecified atom stereocenters. The number of halogens is 1. The lowest BCUT2D eigenvalue weighted by atomic mass is 10.1. The molecule has 0 saturated carbocycles. The molecule has 0 N–H and O–H groups in total. The Morgan fingerprint density at radius 2 is 2.00 bits per heavy atom. The highest BCUT2D eigenvalue weighted by molar-refractivity contribution is 6.32.